The van der Waals surface area contributed by atoms with Crippen molar-refractivity contribution in [3.63, 3.8) is 0 Å². The predicted molar refractivity (Wildman–Crippen MR) is 96.3 cm³/mol. The average molecular weight is 330 g/mol. The highest BCUT2D eigenvalue weighted by molar-refractivity contribution is 5.95. The number of alkyl halides is 1. The highest BCUT2D eigenvalue weighted by Gasteiger charge is 2.14. The molecule has 0 saturated carbocycles. The van der Waals surface area contributed by atoms with E-state index in [0.29, 0.717) is 12.2 Å². The number of nitrogens with one attached hydrogen (secondary N) is 2. The molecule has 0 aliphatic heterocycles. The summed E-state index contributed by atoms with van der Waals surface area (Å²) in [5.41, 5.74) is 1.03. The fraction of sp³-hybridized carbons (Fsp3) is 0.333. The number of aromatic nitrogens is 3. The molecule has 0 fully saturated rings. The van der Waals surface area contributed by atoms with Crippen molar-refractivity contribution in [1.29, 1.82) is 0 Å². The van der Waals surface area contributed by atoms with Gasteiger partial charge in [-0.25, -0.2) is 18.7 Å². The summed E-state index contributed by atoms with van der Waals surface area (Å²) in [5.74, 6) is 0. The van der Waals surface area contributed by atoms with E-state index < -0.39 is 6.17 Å². The summed E-state index contributed by atoms with van der Waals surface area (Å²) in [6, 6.07) is 7.59. The van der Waals surface area contributed by atoms with Crippen LogP contribution in [0.4, 0.5) is 4.39 Å². The van der Waals surface area contributed by atoms with Crippen LogP contribution in [0, 0.1) is 0 Å². The first-order valence-corrected chi connectivity index (χ1v) is 8.13. The molecular formula is C18H23FN4O. The summed E-state index contributed by atoms with van der Waals surface area (Å²) in [6.07, 6.45) is 2.56. The maximum atomic E-state index is 14.2. The molecule has 3 rings (SSSR count). The predicted octanol–water partition coefficient (Wildman–Crippen LogP) is 2.86. The second kappa shape index (κ2) is 8.40. The van der Waals surface area contributed by atoms with Crippen molar-refractivity contribution in [1.82, 2.24) is 19.9 Å². The molecule has 2 heterocycles. The number of hydrogen-bond acceptors (Lipinski definition) is 3. The topological polar surface area (TPSA) is 62.2 Å². The molecule has 0 aliphatic carbocycles. The summed E-state index contributed by atoms with van der Waals surface area (Å²) >= 11 is 0. The van der Waals surface area contributed by atoms with Gasteiger partial charge in [-0.2, -0.15) is 5.10 Å². The first-order valence-electron chi connectivity index (χ1n) is 8.13. The third kappa shape index (κ3) is 3.71. The molecule has 0 bridgehead atoms. The van der Waals surface area contributed by atoms with Gasteiger partial charge in [-0.3, -0.25) is 0 Å². The molecule has 0 spiro atoms. The van der Waals surface area contributed by atoms with Crippen LogP contribution in [0.1, 0.15) is 19.4 Å². The Morgan fingerprint density at radius 3 is 2.79 bits per heavy atom. The van der Waals surface area contributed by atoms with Crippen molar-refractivity contribution >= 4 is 16.4 Å². The van der Waals surface area contributed by atoms with Gasteiger partial charge in [0.25, 0.3) is 0 Å². The Hall–Kier alpha value is -2.47. The molecule has 2 aromatic heterocycles. The Morgan fingerprint density at radius 2 is 2.08 bits per heavy atom. The van der Waals surface area contributed by atoms with Gasteiger partial charge in [-0.1, -0.05) is 44.2 Å². The Bertz CT molecular complexity index is 868. The molecule has 0 amide bonds. The van der Waals surface area contributed by atoms with E-state index in [2.05, 4.69) is 22.1 Å². The molecule has 0 saturated heterocycles. The van der Waals surface area contributed by atoms with Crippen LogP contribution in [0.2, 0.25) is 0 Å². The van der Waals surface area contributed by atoms with Crippen LogP contribution in [0.25, 0.3) is 16.4 Å². The van der Waals surface area contributed by atoms with E-state index in [1.165, 1.54) is 4.40 Å². The number of H-pyrrole nitrogens is 1. The smallest absolute Gasteiger partial charge is 0.310 e. The minimum absolute atomic E-state index is 0.234. The fourth-order valence-electron chi connectivity index (χ4n) is 2.61. The van der Waals surface area contributed by atoms with Gasteiger partial charge in [0.2, 0.25) is 0 Å². The summed E-state index contributed by atoms with van der Waals surface area (Å²) in [6.45, 7) is 8.41. The largest absolute Gasteiger partial charge is 0.347 e. The van der Waals surface area contributed by atoms with E-state index in [-0.39, 0.29) is 18.7 Å². The van der Waals surface area contributed by atoms with Crippen LogP contribution in [0.5, 0.6) is 0 Å². The van der Waals surface area contributed by atoms with Crippen LogP contribution >= 0.6 is 0 Å². The van der Waals surface area contributed by atoms with E-state index in [9.17, 15) is 9.18 Å². The number of fused-ring (bicyclic) bond motifs is 3. The summed E-state index contributed by atoms with van der Waals surface area (Å²) in [4.78, 5) is 11.8. The number of benzene rings is 1. The van der Waals surface area contributed by atoms with Gasteiger partial charge in [0.15, 0.2) is 5.65 Å². The molecule has 24 heavy (non-hydrogen) atoms. The molecule has 1 unspecified atom stereocenters. The van der Waals surface area contributed by atoms with E-state index in [1.807, 2.05) is 38.1 Å². The van der Waals surface area contributed by atoms with Crippen molar-refractivity contribution in [3.8, 4) is 0 Å². The van der Waals surface area contributed by atoms with Crippen molar-refractivity contribution in [2.75, 3.05) is 13.1 Å². The van der Waals surface area contributed by atoms with Crippen LogP contribution in [0.3, 0.4) is 0 Å². The molecule has 3 aromatic rings. The quantitative estimate of drug-likeness (QED) is 0.540. The van der Waals surface area contributed by atoms with E-state index in [0.717, 1.165) is 16.3 Å². The summed E-state index contributed by atoms with van der Waals surface area (Å²) < 4.78 is 15.6. The lowest BCUT2D eigenvalue weighted by Crippen LogP contribution is -2.25. The maximum Gasteiger partial charge on any atom is 0.347 e. The molecule has 128 valence electrons. The highest BCUT2D eigenvalue weighted by Crippen LogP contribution is 2.23. The van der Waals surface area contributed by atoms with Gasteiger partial charge < -0.3 is 5.32 Å². The zero-order valence-electron chi connectivity index (χ0n) is 14.1. The van der Waals surface area contributed by atoms with Gasteiger partial charge in [0.1, 0.15) is 6.17 Å². The maximum absolute atomic E-state index is 14.2. The molecule has 5 nitrogen and oxygen atoms in total. The van der Waals surface area contributed by atoms with Gasteiger partial charge >= 0.3 is 5.69 Å². The lowest BCUT2D eigenvalue weighted by molar-refractivity contribution is 0.321. The van der Waals surface area contributed by atoms with Crippen molar-refractivity contribution in [3.05, 3.63) is 59.2 Å². The first kappa shape index (κ1) is 17.9. The third-order valence-corrected chi connectivity index (χ3v) is 3.60. The van der Waals surface area contributed by atoms with Gasteiger partial charge in [0.05, 0.1) is 0 Å². The number of hydrogen-bond donors (Lipinski definition) is 2. The second-order valence-electron chi connectivity index (χ2n) is 5.17. The number of rotatable bonds is 6. The highest BCUT2D eigenvalue weighted by atomic mass is 19.1. The molecule has 2 N–H and O–H groups in total. The summed E-state index contributed by atoms with van der Waals surface area (Å²) in [5, 5.41) is 11.2. The minimum atomic E-state index is -1.04. The Kier molecular flexibility index (Phi) is 6.26. The van der Waals surface area contributed by atoms with Gasteiger partial charge in [-0.05, 0) is 10.9 Å². The zero-order chi connectivity index (χ0) is 17.5. The average Bonchev–Trinajstić information content (AvgIpc) is 2.98. The second-order valence-corrected chi connectivity index (χ2v) is 5.17. The molecule has 1 aromatic carbocycles. The number of nitrogens with zero attached hydrogens (tertiary/aromatic N) is 2. The van der Waals surface area contributed by atoms with Crippen LogP contribution in [-0.4, -0.2) is 33.9 Å². The van der Waals surface area contributed by atoms with Crippen LogP contribution in [0.15, 0.2) is 47.9 Å². The van der Waals surface area contributed by atoms with Gasteiger partial charge in [0, 0.05) is 31.1 Å². The van der Waals surface area contributed by atoms with Crippen molar-refractivity contribution in [2.24, 2.45) is 0 Å². The molecular weight excluding hydrogens is 307 g/mol. The van der Waals surface area contributed by atoms with E-state index >= 15 is 0 Å². The first-order chi connectivity index (χ1) is 11.7. The standard InChI is InChI=1S/C16H17FN4O.C2H6/c1-2-7-18-9-12(17)8-11-10-21-15(19-20-16(21)22)14-6-4-3-5-13(11)14;1-2/h2-6,10,12,18H,1,7-9H2,(H,20,22);1-2H3. The SMILES string of the molecule is C=CCNCC(F)Cc1cn2c(=O)[nH]nc2c2ccccc12.CC. The molecule has 1 atom stereocenters. The molecule has 0 aliphatic rings. The van der Waals surface area contributed by atoms with Crippen molar-refractivity contribution < 1.29 is 4.39 Å². The van der Waals surface area contributed by atoms with Crippen molar-refractivity contribution in [2.45, 2.75) is 26.4 Å². The van der Waals surface area contributed by atoms with Gasteiger partial charge in [-0.15, -0.1) is 6.58 Å². The normalized spacial score (nSPS) is 12.0. The number of halogens is 1. The Balaban J connectivity index is 0.00000100. The monoisotopic (exact) mass is 330 g/mol. The Morgan fingerprint density at radius 1 is 1.38 bits per heavy atom. The number of aromatic amines is 1. The zero-order valence-corrected chi connectivity index (χ0v) is 14.1. The fourth-order valence-corrected chi connectivity index (χ4v) is 2.61. The molecule has 6 heteroatoms. The van der Waals surface area contributed by atoms with E-state index in [1.54, 1.807) is 12.3 Å². The van der Waals surface area contributed by atoms with Crippen LogP contribution in [-0.2, 0) is 6.42 Å². The number of pyridine rings is 1. The lowest BCUT2D eigenvalue weighted by Gasteiger charge is -2.12. The third-order valence-electron chi connectivity index (χ3n) is 3.60. The minimum Gasteiger partial charge on any atom is -0.310 e. The lowest BCUT2D eigenvalue weighted by atomic mass is 10.0. The molecule has 0 radical (unpaired) electrons. The Labute approximate surface area is 140 Å². The van der Waals surface area contributed by atoms with Crippen LogP contribution < -0.4 is 11.0 Å². The summed E-state index contributed by atoms with van der Waals surface area (Å²) in [7, 11) is 0. The van der Waals surface area contributed by atoms with E-state index in [4.69, 9.17) is 0 Å².